The fraction of sp³-hybridized carbons (Fsp3) is 0.238. The molecule has 0 spiro atoms. The van der Waals surface area contributed by atoms with Crippen LogP contribution in [0.25, 0.3) is 11.5 Å². The largest absolute Gasteiger partial charge is 0.308 e. The van der Waals surface area contributed by atoms with Crippen molar-refractivity contribution in [3.8, 4) is 11.5 Å². The molecule has 0 atom stereocenters. The molecule has 7 nitrogen and oxygen atoms in total. The van der Waals surface area contributed by atoms with Crippen molar-refractivity contribution >= 4 is 0 Å². The summed E-state index contributed by atoms with van der Waals surface area (Å²) < 4.78 is 3.64. The van der Waals surface area contributed by atoms with Crippen molar-refractivity contribution in [3.05, 3.63) is 84.3 Å². The minimum absolute atomic E-state index is 0.353. The number of pyridine rings is 1. The normalized spacial score (nSPS) is 11.2. The lowest BCUT2D eigenvalue weighted by Gasteiger charge is -2.10. The van der Waals surface area contributed by atoms with Crippen LogP contribution in [0.15, 0.2) is 67.5 Å². The van der Waals surface area contributed by atoms with Crippen LogP contribution in [-0.4, -0.2) is 29.5 Å². The molecule has 0 fully saturated rings. The number of nitrogens with one attached hydrogen (secondary N) is 1. The summed E-state index contributed by atoms with van der Waals surface area (Å²) in [5.74, 6) is 1.14. The van der Waals surface area contributed by atoms with E-state index in [0.717, 1.165) is 29.3 Å². The zero-order valence-electron chi connectivity index (χ0n) is 16.0. The Hall–Kier alpha value is -3.32. The summed E-state index contributed by atoms with van der Waals surface area (Å²) in [5.41, 5.74) is 4.44. The van der Waals surface area contributed by atoms with Crippen molar-refractivity contribution in [3.63, 3.8) is 0 Å². The van der Waals surface area contributed by atoms with Crippen molar-refractivity contribution < 1.29 is 0 Å². The first kappa shape index (κ1) is 18.1. The lowest BCUT2D eigenvalue weighted by Crippen LogP contribution is -2.16. The van der Waals surface area contributed by atoms with E-state index in [1.807, 2.05) is 35.0 Å². The van der Waals surface area contributed by atoms with Gasteiger partial charge in [-0.2, -0.15) is 10.2 Å². The highest BCUT2D eigenvalue weighted by Gasteiger charge is 2.14. The first-order valence-corrected chi connectivity index (χ1v) is 9.36. The van der Waals surface area contributed by atoms with Gasteiger partial charge in [0.2, 0.25) is 0 Å². The van der Waals surface area contributed by atoms with Crippen molar-refractivity contribution in [2.45, 2.75) is 32.9 Å². The quantitative estimate of drug-likeness (QED) is 0.538. The standard InChI is InChI=1S/C21H23N7/c1-16(2)20-18(13-27(26-20)19-8-4-3-5-9-19)12-22-11-17-7-6-10-24-21(17)28-15-23-14-25-28/h3-10,13-16,22H,11-12H2,1-2H3. The number of hydrogen-bond donors (Lipinski definition) is 1. The van der Waals surface area contributed by atoms with Gasteiger partial charge in [-0.25, -0.2) is 19.3 Å². The Morgan fingerprint density at radius 3 is 2.54 bits per heavy atom. The van der Waals surface area contributed by atoms with Gasteiger partial charge in [0.25, 0.3) is 0 Å². The summed E-state index contributed by atoms with van der Waals surface area (Å²) in [4.78, 5) is 8.45. The molecule has 7 heteroatoms. The van der Waals surface area contributed by atoms with E-state index >= 15 is 0 Å². The van der Waals surface area contributed by atoms with Crippen molar-refractivity contribution in [2.24, 2.45) is 0 Å². The molecule has 4 aromatic rings. The maximum absolute atomic E-state index is 4.81. The Labute approximate surface area is 164 Å². The van der Waals surface area contributed by atoms with Crippen LogP contribution < -0.4 is 5.32 Å². The van der Waals surface area contributed by atoms with Gasteiger partial charge in [-0.05, 0) is 24.1 Å². The van der Waals surface area contributed by atoms with E-state index in [4.69, 9.17) is 5.10 Å². The van der Waals surface area contributed by atoms with Crippen LogP contribution in [0.1, 0.15) is 36.6 Å². The van der Waals surface area contributed by atoms with E-state index in [-0.39, 0.29) is 0 Å². The summed E-state index contributed by atoms with van der Waals surface area (Å²) in [6.45, 7) is 5.75. The second-order valence-electron chi connectivity index (χ2n) is 6.90. The summed E-state index contributed by atoms with van der Waals surface area (Å²) in [7, 11) is 0. The molecule has 3 aromatic heterocycles. The van der Waals surface area contributed by atoms with Gasteiger partial charge in [-0.1, -0.05) is 38.1 Å². The van der Waals surface area contributed by atoms with Crippen molar-refractivity contribution in [1.82, 2.24) is 34.8 Å². The smallest absolute Gasteiger partial charge is 0.159 e. The Kier molecular flexibility index (Phi) is 5.25. The van der Waals surface area contributed by atoms with Crippen LogP contribution >= 0.6 is 0 Å². The van der Waals surface area contributed by atoms with E-state index in [0.29, 0.717) is 12.5 Å². The van der Waals surface area contributed by atoms with Gasteiger partial charge >= 0.3 is 0 Å². The zero-order valence-corrected chi connectivity index (χ0v) is 16.0. The maximum atomic E-state index is 4.81. The molecule has 0 saturated carbocycles. The lowest BCUT2D eigenvalue weighted by molar-refractivity contribution is 0.670. The van der Waals surface area contributed by atoms with Gasteiger partial charge in [0.15, 0.2) is 5.82 Å². The monoisotopic (exact) mass is 373 g/mol. The van der Waals surface area contributed by atoms with Gasteiger partial charge < -0.3 is 5.32 Å². The summed E-state index contributed by atoms with van der Waals surface area (Å²) in [6, 6.07) is 14.2. The first-order valence-electron chi connectivity index (χ1n) is 9.36. The molecule has 142 valence electrons. The lowest BCUT2D eigenvalue weighted by atomic mass is 10.1. The molecule has 1 aromatic carbocycles. The maximum Gasteiger partial charge on any atom is 0.159 e. The van der Waals surface area contributed by atoms with Gasteiger partial charge in [0.1, 0.15) is 12.7 Å². The molecule has 0 saturated heterocycles. The molecule has 0 aliphatic rings. The molecule has 1 N–H and O–H groups in total. The van der Waals surface area contributed by atoms with Crippen LogP contribution in [0.4, 0.5) is 0 Å². The molecule has 3 heterocycles. The molecular weight excluding hydrogens is 350 g/mol. The van der Waals surface area contributed by atoms with Crippen LogP contribution in [-0.2, 0) is 13.1 Å². The highest BCUT2D eigenvalue weighted by molar-refractivity contribution is 5.34. The van der Waals surface area contributed by atoms with Crippen molar-refractivity contribution in [1.29, 1.82) is 0 Å². The minimum Gasteiger partial charge on any atom is -0.308 e. The molecule has 0 unspecified atom stereocenters. The molecule has 4 rings (SSSR count). The van der Waals surface area contributed by atoms with E-state index in [2.05, 4.69) is 52.6 Å². The third-order valence-electron chi connectivity index (χ3n) is 4.52. The Balaban J connectivity index is 1.51. The second kappa shape index (κ2) is 8.14. The topological polar surface area (TPSA) is 73.5 Å². The molecular formula is C21H23N7. The molecule has 0 aliphatic heterocycles. The number of para-hydroxylation sites is 1. The van der Waals surface area contributed by atoms with E-state index in [1.165, 1.54) is 11.9 Å². The first-order chi connectivity index (χ1) is 13.7. The van der Waals surface area contributed by atoms with Gasteiger partial charge in [-0.15, -0.1) is 0 Å². The average Bonchev–Trinajstić information content (AvgIpc) is 3.39. The Morgan fingerprint density at radius 2 is 1.79 bits per heavy atom. The van der Waals surface area contributed by atoms with Gasteiger partial charge in [0.05, 0.1) is 11.4 Å². The number of nitrogens with zero attached hydrogens (tertiary/aromatic N) is 6. The molecule has 0 aliphatic carbocycles. The number of rotatable bonds is 7. The summed E-state index contributed by atoms with van der Waals surface area (Å²) in [6.07, 6.45) is 7.05. The van der Waals surface area contributed by atoms with Crippen LogP contribution in [0.3, 0.4) is 0 Å². The number of benzene rings is 1. The molecule has 0 amide bonds. The second-order valence-corrected chi connectivity index (χ2v) is 6.90. The van der Waals surface area contributed by atoms with E-state index < -0.39 is 0 Å². The summed E-state index contributed by atoms with van der Waals surface area (Å²) >= 11 is 0. The van der Waals surface area contributed by atoms with Crippen molar-refractivity contribution in [2.75, 3.05) is 0 Å². The number of hydrogen-bond acceptors (Lipinski definition) is 5. The Bertz CT molecular complexity index is 1020. The van der Waals surface area contributed by atoms with Gasteiger partial charge in [-0.3, -0.25) is 0 Å². The highest BCUT2D eigenvalue weighted by atomic mass is 15.3. The Morgan fingerprint density at radius 1 is 0.964 bits per heavy atom. The van der Waals surface area contributed by atoms with Crippen LogP contribution in [0.5, 0.6) is 0 Å². The number of aromatic nitrogens is 6. The van der Waals surface area contributed by atoms with E-state index in [1.54, 1.807) is 17.2 Å². The predicted octanol–water partition coefficient (Wildman–Crippen LogP) is 3.26. The highest BCUT2D eigenvalue weighted by Crippen LogP contribution is 2.20. The average molecular weight is 373 g/mol. The third kappa shape index (κ3) is 3.84. The molecule has 0 bridgehead atoms. The molecule has 28 heavy (non-hydrogen) atoms. The van der Waals surface area contributed by atoms with E-state index in [9.17, 15) is 0 Å². The minimum atomic E-state index is 0.353. The predicted molar refractivity (Wildman–Crippen MR) is 107 cm³/mol. The summed E-state index contributed by atoms with van der Waals surface area (Å²) in [5, 5.41) is 12.5. The fourth-order valence-corrected chi connectivity index (χ4v) is 3.18. The third-order valence-corrected chi connectivity index (χ3v) is 4.52. The van der Waals surface area contributed by atoms with Gasteiger partial charge in [0, 0.05) is 36.6 Å². The zero-order chi connectivity index (χ0) is 19.3. The molecule has 0 radical (unpaired) electrons. The fourth-order valence-electron chi connectivity index (χ4n) is 3.18. The van der Waals surface area contributed by atoms with Crippen LogP contribution in [0.2, 0.25) is 0 Å². The van der Waals surface area contributed by atoms with Crippen LogP contribution in [0, 0.1) is 0 Å². The SMILES string of the molecule is CC(C)c1nn(-c2ccccc2)cc1CNCc1cccnc1-n1cncn1.